The standard InChI is InChI=1S/C21H27Cl2N7/c1-21(2,3)28-19-24-12-17-18(27-19)30(14-7-9-29(4)10-8-14)20(26-17)25-13-5-6-15(22)16(23)11-13/h5-6,11-12,14H,7-10H2,1-4H3,(H,25,26)(H,24,27,28). The molecule has 160 valence electrons. The highest BCUT2D eigenvalue weighted by atomic mass is 35.5. The molecule has 4 rings (SSSR count). The van der Waals surface area contributed by atoms with Gasteiger partial charge in [0.15, 0.2) is 5.65 Å². The Balaban J connectivity index is 1.77. The third-order valence-corrected chi connectivity index (χ3v) is 5.89. The summed E-state index contributed by atoms with van der Waals surface area (Å²) in [5, 5.41) is 7.80. The zero-order valence-corrected chi connectivity index (χ0v) is 19.2. The summed E-state index contributed by atoms with van der Waals surface area (Å²) in [6.07, 6.45) is 3.84. The van der Waals surface area contributed by atoms with E-state index in [4.69, 9.17) is 33.2 Å². The monoisotopic (exact) mass is 447 g/mol. The predicted molar refractivity (Wildman–Crippen MR) is 124 cm³/mol. The van der Waals surface area contributed by atoms with E-state index in [0.29, 0.717) is 22.0 Å². The molecule has 3 aromatic rings. The fourth-order valence-electron chi connectivity index (χ4n) is 3.68. The lowest BCUT2D eigenvalue weighted by atomic mass is 10.1. The number of halogens is 2. The van der Waals surface area contributed by atoms with Crippen LogP contribution in [0.3, 0.4) is 0 Å². The third-order valence-electron chi connectivity index (χ3n) is 5.15. The molecule has 0 spiro atoms. The van der Waals surface area contributed by atoms with E-state index in [2.05, 4.69) is 52.9 Å². The second-order valence-corrected chi connectivity index (χ2v) is 9.69. The van der Waals surface area contributed by atoms with Crippen molar-refractivity contribution in [3.63, 3.8) is 0 Å². The maximum atomic E-state index is 6.21. The van der Waals surface area contributed by atoms with Crippen molar-refractivity contribution in [1.29, 1.82) is 0 Å². The maximum absolute atomic E-state index is 6.21. The summed E-state index contributed by atoms with van der Waals surface area (Å²) < 4.78 is 2.21. The highest BCUT2D eigenvalue weighted by molar-refractivity contribution is 6.42. The van der Waals surface area contributed by atoms with E-state index in [1.165, 1.54) is 0 Å². The molecule has 2 aromatic heterocycles. The van der Waals surface area contributed by atoms with Crippen LogP contribution >= 0.6 is 23.2 Å². The van der Waals surface area contributed by atoms with Gasteiger partial charge in [0.1, 0.15) is 5.52 Å². The number of anilines is 3. The molecule has 1 aliphatic rings. The molecule has 0 amide bonds. The van der Waals surface area contributed by atoms with Gasteiger partial charge in [0.25, 0.3) is 0 Å². The van der Waals surface area contributed by atoms with E-state index in [1.54, 1.807) is 18.3 Å². The van der Waals surface area contributed by atoms with Gasteiger partial charge in [-0.15, -0.1) is 0 Å². The van der Waals surface area contributed by atoms with E-state index >= 15 is 0 Å². The van der Waals surface area contributed by atoms with Gasteiger partial charge in [-0.25, -0.2) is 9.97 Å². The molecule has 7 nitrogen and oxygen atoms in total. The van der Waals surface area contributed by atoms with Gasteiger partial charge in [-0.2, -0.15) is 4.98 Å². The lowest BCUT2D eigenvalue weighted by molar-refractivity contribution is 0.224. The van der Waals surface area contributed by atoms with Crippen molar-refractivity contribution in [2.75, 3.05) is 30.8 Å². The van der Waals surface area contributed by atoms with Crippen LogP contribution in [0.15, 0.2) is 24.4 Å². The quantitative estimate of drug-likeness (QED) is 0.561. The number of hydrogen-bond acceptors (Lipinski definition) is 6. The van der Waals surface area contributed by atoms with Crippen molar-refractivity contribution in [2.45, 2.75) is 45.2 Å². The molecule has 1 aliphatic heterocycles. The lowest BCUT2D eigenvalue weighted by Gasteiger charge is -2.31. The summed E-state index contributed by atoms with van der Waals surface area (Å²) in [6, 6.07) is 5.78. The average molecular weight is 448 g/mol. The fraction of sp³-hybridized carbons (Fsp3) is 0.476. The van der Waals surface area contributed by atoms with E-state index in [-0.39, 0.29) is 5.54 Å². The number of aromatic nitrogens is 4. The molecule has 1 fully saturated rings. The van der Waals surface area contributed by atoms with E-state index in [0.717, 1.165) is 48.7 Å². The number of imidazole rings is 1. The zero-order valence-electron chi connectivity index (χ0n) is 17.7. The summed E-state index contributed by atoms with van der Waals surface area (Å²) in [6.45, 7) is 8.34. The maximum Gasteiger partial charge on any atom is 0.225 e. The molecule has 2 N–H and O–H groups in total. The molecule has 0 radical (unpaired) electrons. The van der Waals surface area contributed by atoms with Gasteiger partial charge < -0.3 is 15.5 Å². The minimum absolute atomic E-state index is 0.132. The Bertz CT molecular complexity index is 1050. The second kappa shape index (κ2) is 8.21. The van der Waals surface area contributed by atoms with Gasteiger partial charge in [0.05, 0.1) is 16.2 Å². The van der Waals surface area contributed by atoms with Gasteiger partial charge in [-0.05, 0) is 71.9 Å². The Hall–Kier alpha value is -2.09. The van der Waals surface area contributed by atoms with E-state index in [1.807, 2.05) is 6.07 Å². The minimum atomic E-state index is -0.132. The Labute approximate surface area is 186 Å². The molecule has 1 saturated heterocycles. The largest absolute Gasteiger partial charge is 0.350 e. The van der Waals surface area contributed by atoms with Crippen LogP contribution in [-0.2, 0) is 0 Å². The van der Waals surface area contributed by atoms with E-state index in [9.17, 15) is 0 Å². The first-order valence-corrected chi connectivity index (χ1v) is 10.9. The van der Waals surface area contributed by atoms with Gasteiger partial charge in [0.2, 0.25) is 11.9 Å². The number of benzene rings is 1. The summed E-state index contributed by atoms with van der Waals surface area (Å²) >= 11 is 12.3. The van der Waals surface area contributed by atoms with Gasteiger partial charge in [-0.1, -0.05) is 23.2 Å². The fourth-order valence-corrected chi connectivity index (χ4v) is 3.97. The summed E-state index contributed by atoms with van der Waals surface area (Å²) in [5.74, 6) is 1.34. The van der Waals surface area contributed by atoms with Crippen LogP contribution in [0, 0.1) is 0 Å². The number of nitrogens with zero attached hydrogens (tertiary/aromatic N) is 5. The van der Waals surface area contributed by atoms with Crippen LogP contribution in [0.5, 0.6) is 0 Å². The molecule has 30 heavy (non-hydrogen) atoms. The highest BCUT2D eigenvalue weighted by Gasteiger charge is 2.25. The predicted octanol–water partition coefficient (Wildman–Crippen LogP) is 5.35. The Morgan fingerprint density at radius 1 is 1.07 bits per heavy atom. The number of likely N-dealkylation sites (tertiary alicyclic amines) is 1. The van der Waals surface area contributed by atoms with Gasteiger partial charge in [-0.3, -0.25) is 4.57 Å². The number of piperidine rings is 1. The van der Waals surface area contributed by atoms with Crippen molar-refractivity contribution in [3.05, 3.63) is 34.4 Å². The first kappa shape index (κ1) is 21.2. The first-order chi connectivity index (χ1) is 14.2. The number of hydrogen-bond donors (Lipinski definition) is 2. The van der Waals surface area contributed by atoms with Crippen LogP contribution in [0.2, 0.25) is 10.0 Å². The smallest absolute Gasteiger partial charge is 0.225 e. The molecule has 3 heterocycles. The average Bonchev–Trinajstić information content (AvgIpc) is 3.01. The van der Waals surface area contributed by atoms with Gasteiger partial charge >= 0.3 is 0 Å². The molecule has 0 aliphatic carbocycles. The van der Waals surface area contributed by atoms with Crippen LogP contribution in [0.4, 0.5) is 17.6 Å². The Kier molecular flexibility index (Phi) is 5.79. The molecule has 0 unspecified atom stereocenters. The van der Waals surface area contributed by atoms with Crippen LogP contribution < -0.4 is 10.6 Å². The minimum Gasteiger partial charge on any atom is -0.350 e. The normalized spacial score (nSPS) is 16.2. The van der Waals surface area contributed by atoms with E-state index < -0.39 is 0 Å². The van der Waals surface area contributed by atoms with Crippen LogP contribution in [-0.4, -0.2) is 50.1 Å². The topological polar surface area (TPSA) is 70.9 Å². The molecular formula is C21H27Cl2N7. The SMILES string of the molecule is CN1CCC(n2c(Nc3ccc(Cl)c(Cl)c3)nc3cnc(NC(C)(C)C)nc32)CC1. The number of rotatable bonds is 4. The van der Waals surface area contributed by atoms with Crippen molar-refractivity contribution >= 4 is 51.9 Å². The Morgan fingerprint density at radius 2 is 1.80 bits per heavy atom. The third kappa shape index (κ3) is 4.63. The molecule has 0 bridgehead atoms. The molecule has 9 heteroatoms. The second-order valence-electron chi connectivity index (χ2n) is 8.87. The highest BCUT2D eigenvalue weighted by Crippen LogP contribution is 2.33. The zero-order chi connectivity index (χ0) is 21.5. The number of fused-ring (bicyclic) bond motifs is 1. The van der Waals surface area contributed by atoms with Crippen LogP contribution in [0.25, 0.3) is 11.2 Å². The van der Waals surface area contributed by atoms with Crippen molar-refractivity contribution < 1.29 is 0 Å². The number of nitrogens with one attached hydrogen (secondary N) is 2. The van der Waals surface area contributed by atoms with Gasteiger partial charge in [0, 0.05) is 17.3 Å². The summed E-state index contributed by atoms with van der Waals surface area (Å²) in [5.41, 5.74) is 2.28. The molecule has 0 saturated carbocycles. The Morgan fingerprint density at radius 3 is 2.47 bits per heavy atom. The van der Waals surface area contributed by atoms with Crippen molar-refractivity contribution in [1.82, 2.24) is 24.4 Å². The molecule has 0 atom stereocenters. The molecule has 1 aromatic carbocycles. The summed E-state index contributed by atoms with van der Waals surface area (Å²) in [7, 11) is 2.16. The van der Waals surface area contributed by atoms with Crippen molar-refractivity contribution in [3.8, 4) is 0 Å². The lowest BCUT2D eigenvalue weighted by Crippen LogP contribution is -2.32. The summed E-state index contributed by atoms with van der Waals surface area (Å²) in [4.78, 5) is 16.4. The molecular weight excluding hydrogens is 421 g/mol. The first-order valence-electron chi connectivity index (χ1n) is 10.1. The van der Waals surface area contributed by atoms with Crippen molar-refractivity contribution in [2.24, 2.45) is 0 Å². The van der Waals surface area contributed by atoms with Crippen LogP contribution in [0.1, 0.15) is 39.7 Å².